The Kier molecular flexibility index (Phi) is 9.83. The third kappa shape index (κ3) is 6.68. The molecule has 0 saturated heterocycles. The van der Waals surface area contributed by atoms with E-state index in [0.717, 1.165) is 22.7 Å². The average molecular weight is 877 g/mol. The van der Waals surface area contributed by atoms with E-state index in [2.05, 4.69) is 234 Å². The molecule has 0 aliphatic heterocycles. The fraction of sp³-hybridized carbons (Fsp3) is 0.0938. The fourth-order valence-electron chi connectivity index (χ4n) is 11.4. The highest BCUT2D eigenvalue weighted by Gasteiger charge is 2.26. The molecule has 0 unspecified atom stereocenters. The molecule has 2 aromatic heterocycles. The van der Waals surface area contributed by atoms with Gasteiger partial charge in [0.1, 0.15) is 0 Å². The van der Waals surface area contributed by atoms with Crippen molar-refractivity contribution in [3.05, 3.63) is 230 Å². The van der Waals surface area contributed by atoms with Gasteiger partial charge >= 0.3 is 0 Å². The van der Waals surface area contributed by atoms with Gasteiger partial charge in [0.25, 0.3) is 0 Å². The summed E-state index contributed by atoms with van der Waals surface area (Å²) in [5.74, 6) is 0.566. The Bertz CT molecular complexity index is 3790. The first-order chi connectivity index (χ1) is 33.3. The Morgan fingerprint density at radius 2 is 0.985 bits per heavy atom. The van der Waals surface area contributed by atoms with Crippen LogP contribution in [0.3, 0.4) is 0 Å². The van der Waals surface area contributed by atoms with E-state index in [4.69, 9.17) is 0 Å². The lowest BCUT2D eigenvalue weighted by Crippen LogP contribution is -2.13. The van der Waals surface area contributed by atoms with Gasteiger partial charge in [-0.05, 0) is 106 Å². The number of rotatable bonds is 8. The van der Waals surface area contributed by atoms with Gasteiger partial charge in [-0.25, -0.2) is 0 Å². The molecule has 0 N–H and O–H groups in total. The van der Waals surface area contributed by atoms with E-state index in [1.54, 1.807) is 0 Å². The number of aromatic nitrogens is 1. The fourth-order valence-corrected chi connectivity index (χ4v) is 12.6. The van der Waals surface area contributed by atoms with Crippen molar-refractivity contribution in [1.82, 2.24) is 4.57 Å². The molecule has 67 heavy (non-hydrogen) atoms. The summed E-state index contributed by atoms with van der Waals surface area (Å²) in [6.07, 6.45) is 6.44. The van der Waals surface area contributed by atoms with Crippen LogP contribution in [0.25, 0.3) is 91.8 Å². The number of para-hydroxylation sites is 5. The summed E-state index contributed by atoms with van der Waals surface area (Å²) in [7, 11) is 0. The molecule has 1 saturated carbocycles. The van der Waals surface area contributed by atoms with Gasteiger partial charge in [-0.1, -0.05) is 189 Å². The highest BCUT2D eigenvalue weighted by atomic mass is 32.1. The molecule has 1 fully saturated rings. The van der Waals surface area contributed by atoms with Crippen LogP contribution in [0.1, 0.15) is 43.6 Å². The minimum absolute atomic E-state index is 0.566. The van der Waals surface area contributed by atoms with Gasteiger partial charge in [0.15, 0.2) is 0 Å². The molecule has 3 heteroatoms. The summed E-state index contributed by atoms with van der Waals surface area (Å²) in [5.41, 5.74) is 15.8. The predicted octanol–water partition coefficient (Wildman–Crippen LogP) is 18.8. The molecule has 0 amide bonds. The quantitative estimate of drug-likeness (QED) is 0.148. The molecule has 320 valence electrons. The summed E-state index contributed by atoms with van der Waals surface area (Å²) in [4.78, 5) is 2.53. The summed E-state index contributed by atoms with van der Waals surface area (Å²) < 4.78 is 5.10. The van der Waals surface area contributed by atoms with Crippen LogP contribution in [0.4, 0.5) is 17.1 Å². The van der Waals surface area contributed by atoms with Crippen molar-refractivity contribution in [1.29, 1.82) is 0 Å². The SMILES string of the molecule is c1ccc(-n2c3ccccc3c3cccc(-c4ccccc4N(c4ccc(-c5cccc6sc7ccccc7c56)cc4)c4ccccc4-c4cccc5cccc(C6CCCCC6)c45)c32)cc1. The van der Waals surface area contributed by atoms with Crippen LogP contribution < -0.4 is 4.90 Å². The van der Waals surface area contributed by atoms with Gasteiger partial charge in [-0.3, -0.25) is 0 Å². The molecule has 12 aromatic rings. The standard InChI is InChI=1S/C64H48N2S/c1-3-19-43(20-4-1)48-29-15-21-45-22-16-31-53(62(45)48)50-25-7-11-34-57(50)65(47-41-39-44(40-42-47)49-30-18-38-61-63(49)56-28-10-14-37-60(56)67-61)58-35-12-8-26-51(58)54-32-17-33-55-52-27-9-13-36-59(52)66(64(54)55)46-23-5-2-6-24-46/h2,5-18,21-43H,1,3-4,19-20H2. The van der Waals surface area contributed by atoms with Crippen molar-refractivity contribution < 1.29 is 0 Å². The second kappa shape index (κ2) is 16.6. The Balaban J connectivity index is 1.06. The Hall–Kier alpha value is -7.72. The maximum absolute atomic E-state index is 2.53. The van der Waals surface area contributed by atoms with Crippen LogP contribution in [0.2, 0.25) is 0 Å². The number of fused-ring (bicyclic) bond motifs is 7. The van der Waals surface area contributed by atoms with Crippen LogP contribution in [0, 0.1) is 0 Å². The summed E-state index contributed by atoms with van der Waals surface area (Å²) in [6, 6.07) is 83.6. The molecule has 2 heterocycles. The number of thiophene rings is 1. The minimum Gasteiger partial charge on any atom is -0.309 e. The zero-order valence-electron chi connectivity index (χ0n) is 37.3. The molecular weight excluding hydrogens is 829 g/mol. The first-order valence-corrected chi connectivity index (χ1v) is 24.7. The Morgan fingerprint density at radius 3 is 1.79 bits per heavy atom. The largest absolute Gasteiger partial charge is 0.309 e. The van der Waals surface area contributed by atoms with Gasteiger partial charge < -0.3 is 9.47 Å². The van der Waals surface area contributed by atoms with Gasteiger partial charge in [-0.15, -0.1) is 11.3 Å². The van der Waals surface area contributed by atoms with Crippen molar-refractivity contribution in [3.63, 3.8) is 0 Å². The van der Waals surface area contributed by atoms with E-state index in [9.17, 15) is 0 Å². The van der Waals surface area contributed by atoms with E-state index in [1.165, 1.54) is 124 Å². The zero-order chi connectivity index (χ0) is 44.3. The lowest BCUT2D eigenvalue weighted by Gasteiger charge is -2.31. The monoisotopic (exact) mass is 876 g/mol. The molecule has 1 aliphatic carbocycles. The first kappa shape index (κ1) is 39.6. The summed E-state index contributed by atoms with van der Waals surface area (Å²) in [5, 5.41) is 7.83. The van der Waals surface area contributed by atoms with E-state index < -0.39 is 0 Å². The van der Waals surface area contributed by atoms with E-state index >= 15 is 0 Å². The third-order valence-electron chi connectivity index (χ3n) is 14.4. The van der Waals surface area contributed by atoms with E-state index in [-0.39, 0.29) is 0 Å². The second-order valence-electron chi connectivity index (χ2n) is 18.2. The van der Waals surface area contributed by atoms with Gasteiger partial charge in [0.05, 0.1) is 22.4 Å². The topological polar surface area (TPSA) is 8.17 Å². The van der Waals surface area contributed by atoms with E-state index in [1.807, 2.05) is 11.3 Å². The highest BCUT2D eigenvalue weighted by Crippen LogP contribution is 2.50. The van der Waals surface area contributed by atoms with Crippen molar-refractivity contribution in [2.24, 2.45) is 0 Å². The summed E-state index contributed by atoms with van der Waals surface area (Å²) >= 11 is 1.87. The van der Waals surface area contributed by atoms with Crippen molar-refractivity contribution in [2.75, 3.05) is 4.90 Å². The maximum atomic E-state index is 2.53. The number of anilines is 3. The lowest BCUT2D eigenvalue weighted by molar-refractivity contribution is 0.445. The Morgan fingerprint density at radius 1 is 0.403 bits per heavy atom. The van der Waals surface area contributed by atoms with Gasteiger partial charge in [0, 0.05) is 59.0 Å². The molecule has 0 atom stereocenters. The normalized spacial score (nSPS) is 13.3. The van der Waals surface area contributed by atoms with Crippen LogP contribution in [0.5, 0.6) is 0 Å². The highest BCUT2D eigenvalue weighted by molar-refractivity contribution is 7.25. The van der Waals surface area contributed by atoms with E-state index in [0.29, 0.717) is 5.92 Å². The number of hydrogen-bond acceptors (Lipinski definition) is 2. The maximum Gasteiger partial charge on any atom is 0.0620 e. The minimum atomic E-state index is 0.566. The molecular formula is C64H48N2S. The lowest BCUT2D eigenvalue weighted by atomic mass is 9.80. The third-order valence-corrected chi connectivity index (χ3v) is 15.5. The predicted molar refractivity (Wildman–Crippen MR) is 288 cm³/mol. The number of hydrogen-bond donors (Lipinski definition) is 0. The summed E-state index contributed by atoms with van der Waals surface area (Å²) in [6.45, 7) is 0. The zero-order valence-corrected chi connectivity index (χ0v) is 38.1. The van der Waals surface area contributed by atoms with Crippen molar-refractivity contribution >= 4 is 81.1 Å². The number of benzene rings is 10. The molecule has 0 spiro atoms. The number of nitrogens with zero attached hydrogens (tertiary/aromatic N) is 2. The van der Waals surface area contributed by atoms with Crippen LogP contribution in [-0.2, 0) is 0 Å². The molecule has 10 aromatic carbocycles. The van der Waals surface area contributed by atoms with Crippen molar-refractivity contribution in [2.45, 2.75) is 38.0 Å². The van der Waals surface area contributed by atoms with Gasteiger partial charge in [0.2, 0.25) is 0 Å². The molecule has 2 nitrogen and oxygen atoms in total. The first-order valence-electron chi connectivity index (χ1n) is 23.9. The second-order valence-corrected chi connectivity index (χ2v) is 19.3. The van der Waals surface area contributed by atoms with Crippen LogP contribution >= 0.6 is 11.3 Å². The molecule has 0 radical (unpaired) electrons. The molecule has 0 bridgehead atoms. The van der Waals surface area contributed by atoms with Crippen LogP contribution in [0.15, 0.2) is 224 Å². The molecule has 1 aliphatic rings. The Labute approximate surface area is 395 Å². The average Bonchev–Trinajstić information content (AvgIpc) is 3.96. The van der Waals surface area contributed by atoms with Crippen LogP contribution in [-0.4, -0.2) is 4.57 Å². The van der Waals surface area contributed by atoms with Gasteiger partial charge in [-0.2, -0.15) is 0 Å². The smallest absolute Gasteiger partial charge is 0.0620 e. The van der Waals surface area contributed by atoms with Crippen molar-refractivity contribution in [3.8, 4) is 39.1 Å². The molecule has 13 rings (SSSR count).